The van der Waals surface area contributed by atoms with Crippen LogP contribution in [0.3, 0.4) is 0 Å². The molecule has 1 N–H and O–H groups in total. The summed E-state index contributed by atoms with van der Waals surface area (Å²) in [4.78, 5) is 0.226. The van der Waals surface area contributed by atoms with Crippen molar-refractivity contribution in [1.82, 2.24) is 0 Å². The molecular formula is C12H9BrINO2S. The second kappa shape index (κ2) is 5.58. The quantitative estimate of drug-likeness (QED) is 0.741. The van der Waals surface area contributed by atoms with Crippen LogP contribution in [0.2, 0.25) is 0 Å². The molecule has 2 aromatic carbocycles. The van der Waals surface area contributed by atoms with Crippen molar-refractivity contribution in [2.75, 3.05) is 4.72 Å². The molecule has 0 saturated heterocycles. The van der Waals surface area contributed by atoms with Gasteiger partial charge in [0.15, 0.2) is 0 Å². The molecule has 0 aliphatic rings. The first-order chi connectivity index (χ1) is 8.49. The maximum Gasteiger partial charge on any atom is 0.263 e. The van der Waals surface area contributed by atoms with Crippen LogP contribution in [0.15, 0.2) is 57.9 Å². The van der Waals surface area contributed by atoms with Gasteiger partial charge >= 0.3 is 0 Å². The van der Waals surface area contributed by atoms with E-state index in [1.54, 1.807) is 36.4 Å². The molecule has 0 saturated carbocycles. The van der Waals surface area contributed by atoms with E-state index in [9.17, 15) is 8.42 Å². The molecule has 0 aliphatic heterocycles. The minimum Gasteiger partial charge on any atom is -0.280 e. The molecule has 94 valence electrons. The Bertz CT molecular complexity index is 656. The zero-order valence-electron chi connectivity index (χ0n) is 9.10. The Morgan fingerprint density at radius 1 is 1.00 bits per heavy atom. The van der Waals surface area contributed by atoms with Gasteiger partial charge in [0.05, 0.1) is 0 Å². The molecule has 0 bridgehead atoms. The predicted octanol–water partition coefficient (Wildman–Crippen LogP) is 3.85. The molecule has 0 unspecified atom stereocenters. The number of sulfonamides is 1. The fourth-order valence-electron chi connectivity index (χ4n) is 1.39. The van der Waals surface area contributed by atoms with E-state index in [-0.39, 0.29) is 4.90 Å². The van der Waals surface area contributed by atoms with Gasteiger partial charge in [0.25, 0.3) is 10.0 Å². The lowest BCUT2D eigenvalue weighted by molar-refractivity contribution is 0.601. The highest BCUT2D eigenvalue weighted by atomic mass is 127. The first kappa shape index (κ1) is 13.8. The van der Waals surface area contributed by atoms with Gasteiger partial charge in [-0.1, -0.05) is 12.1 Å². The minimum absolute atomic E-state index is 0.226. The third-order valence-corrected chi connectivity index (χ3v) is 5.34. The first-order valence-corrected chi connectivity index (χ1v) is 8.37. The fourth-order valence-corrected chi connectivity index (χ4v) is 3.81. The van der Waals surface area contributed by atoms with Crippen LogP contribution in [-0.2, 0) is 10.0 Å². The van der Waals surface area contributed by atoms with Crippen molar-refractivity contribution >= 4 is 54.2 Å². The predicted molar refractivity (Wildman–Crippen MR) is 84.1 cm³/mol. The number of benzene rings is 2. The molecule has 0 fully saturated rings. The molecule has 0 radical (unpaired) electrons. The average molecular weight is 438 g/mol. The van der Waals surface area contributed by atoms with Gasteiger partial charge in [-0.25, -0.2) is 8.42 Å². The number of anilines is 1. The van der Waals surface area contributed by atoms with E-state index in [1.165, 1.54) is 0 Å². The summed E-state index contributed by atoms with van der Waals surface area (Å²) in [6.45, 7) is 0. The van der Waals surface area contributed by atoms with Crippen molar-refractivity contribution in [2.45, 2.75) is 4.90 Å². The molecule has 0 atom stereocenters. The Kier molecular flexibility index (Phi) is 4.29. The van der Waals surface area contributed by atoms with Gasteiger partial charge in [0.1, 0.15) is 4.90 Å². The van der Waals surface area contributed by atoms with Crippen molar-refractivity contribution in [3.8, 4) is 0 Å². The van der Waals surface area contributed by atoms with Gasteiger partial charge in [-0.15, -0.1) is 0 Å². The van der Waals surface area contributed by atoms with E-state index >= 15 is 0 Å². The molecule has 6 heteroatoms. The number of halogens is 2. The van der Waals surface area contributed by atoms with Crippen molar-refractivity contribution in [2.24, 2.45) is 0 Å². The topological polar surface area (TPSA) is 46.2 Å². The number of nitrogens with one attached hydrogen (secondary N) is 1. The molecule has 0 aliphatic carbocycles. The molecular weight excluding hydrogens is 429 g/mol. The van der Waals surface area contributed by atoms with E-state index in [2.05, 4.69) is 43.2 Å². The fraction of sp³-hybridized carbons (Fsp3) is 0. The van der Waals surface area contributed by atoms with Crippen LogP contribution in [0.1, 0.15) is 0 Å². The Balaban J connectivity index is 2.33. The van der Waals surface area contributed by atoms with Crippen LogP contribution in [0.25, 0.3) is 0 Å². The van der Waals surface area contributed by atoms with Crippen LogP contribution >= 0.6 is 38.5 Å². The van der Waals surface area contributed by atoms with Gasteiger partial charge in [-0.05, 0) is 74.9 Å². The zero-order valence-corrected chi connectivity index (χ0v) is 13.7. The molecule has 0 spiro atoms. The third kappa shape index (κ3) is 3.24. The summed E-state index contributed by atoms with van der Waals surface area (Å²) in [5.74, 6) is 0. The van der Waals surface area contributed by atoms with Crippen molar-refractivity contribution in [3.05, 3.63) is 56.6 Å². The normalized spacial score (nSPS) is 11.2. The van der Waals surface area contributed by atoms with Gasteiger partial charge < -0.3 is 0 Å². The van der Waals surface area contributed by atoms with Gasteiger partial charge in [-0.3, -0.25) is 4.72 Å². The summed E-state index contributed by atoms with van der Waals surface area (Å²) in [5.41, 5.74) is 0.547. The summed E-state index contributed by atoms with van der Waals surface area (Å²) < 4.78 is 28.5. The number of hydrogen-bond acceptors (Lipinski definition) is 2. The third-order valence-electron chi connectivity index (χ3n) is 2.22. The van der Waals surface area contributed by atoms with Gasteiger partial charge in [0.2, 0.25) is 0 Å². The Morgan fingerprint density at radius 2 is 1.61 bits per heavy atom. The zero-order chi connectivity index (χ0) is 13.2. The Morgan fingerprint density at radius 3 is 2.22 bits per heavy atom. The molecule has 0 aromatic heterocycles. The average Bonchev–Trinajstić information content (AvgIpc) is 2.32. The summed E-state index contributed by atoms with van der Waals surface area (Å²) in [6, 6.07) is 13.9. The number of rotatable bonds is 3. The van der Waals surface area contributed by atoms with E-state index in [1.807, 2.05) is 12.1 Å². The largest absolute Gasteiger partial charge is 0.280 e. The standard InChI is InChI=1S/C12H9BrINO2S/c13-11-3-1-2-4-12(11)18(16,17)15-10-7-5-9(14)6-8-10/h1-8,15H. The van der Waals surface area contributed by atoms with E-state index in [4.69, 9.17) is 0 Å². The molecule has 2 aromatic rings. The monoisotopic (exact) mass is 437 g/mol. The van der Waals surface area contributed by atoms with Crippen LogP contribution in [0, 0.1) is 3.57 Å². The molecule has 2 rings (SSSR count). The molecule has 0 heterocycles. The van der Waals surface area contributed by atoms with Crippen LogP contribution < -0.4 is 4.72 Å². The van der Waals surface area contributed by atoms with Crippen LogP contribution in [0.5, 0.6) is 0 Å². The molecule has 3 nitrogen and oxygen atoms in total. The van der Waals surface area contributed by atoms with E-state index in [0.29, 0.717) is 10.2 Å². The SMILES string of the molecule is O=S(=O)(Nc1ccc(I)cc1)c1ccccc1Br. The highest BCUT2D eigenvalue weighted by molar-refractivity contribution is 14.1. The summed E-state index contributed by atoms with van der Waals surface area (Å²) in [6.07, 6.45) is 0. The van der Waals surface area contributed by atoms with E-state index in [0.717, 1.165) is 3.57 Å². The lowest BCUT2D eigenvalue weighted by Crippen LogP contribution is -2.13. The van der Waals surface area contributed by atoms with E-state index < -0.39 is 10.0 Å². The molecule has 18 heavy (non-hydrogen) atoms. The maximum absolute atomic E-state index is 12.2. The van der Waals surface area contributed by atoms with Crippen molar-refractivity contribution in [3.63, 3.8) is 0 Å². The van der Waals surface area contributed by atoms with Crippen LogP contribution in [-0.4, -0.2) is 8.42 Å². The summed E-state index contributed by atoms with van der Waals surface area (Å²) >= 11 is 5.40. The Labute approximate surface area is 128 Å². The lowest BCUT2D eigenvalue weighted by Gasteiger charge is -2.09. The Hall–Kier alpha value is -0.600. The first-order valence-electron chi connectivity index (χ1n) is 5.02. The highest BCUT2D eigenvalue weighted by Crippen LogP contribution is 2.23. The second-order valence-corrected chi connectivity index (χ2v) is 7.29. The van der Waals surface area contributed by atoms with Gasteiger partial charge in [-0.2, -0.15) is 0 Å². The summed E-state index contributed by atoms with van der Waals surface area (Å²) in [7, 11) is -3.56. The summed E-state index contributed by atoms with van der Waals surface area (Å²) in [5, 5.41) is 0. The van der Waals surface area contributed by atoms with Crippen molar-refractivity contribution in [1.29, 1.82) is 0 Å². The minimum atomic E-state index is -3.56. The number of hydrogen-bond donors (Lipinski definition) is 1. The molecule has 0 amide bonds. The van der Waals surface area contributed by atoms with Crippen molar-refractivity contribution < 1.29 is 8.42 Å². The second-order valence-electron chi connectivity index (χ2n) is 3.54. The lowest BCUT2D eigenvalue weighted by atomic mass is 10.3. The van der Waals surface area contributed by atoms with Crippen LogP contribution in [0.4, 0.5) is 5.69 Å². The smallest absolute Gasteiger partial charge is 0.263 e. The van der Waals surface area contributed by atoms with Gasteiger partial charge in [0, 0.05) is 13.7 Å². The maximum atomic E-state index is 12.2. The highest BCUT2D eigenvalue weighted by Gasteiger charge is 2.16.